The summed E-state index contributed by atoms with van der Waals surface area (Å²) in [6.45, 7) is 5.06. The highest BCUT2D eigenvalue weighted by atomic mass is 32.2. The van der Waals surface area contributed by atoms with Crippen molar-refractivity contribution in [1.82, 2.24) is 19.4 Å². The molecule has 3 heterocycles. The summed E-state index contributed by atoms with van der Waals surface area (Å²) in [4.78, 5) is 12.8. The Kier molecular flexibility index (Phi) is 6.13. The standard InChI is InChI=1S/C23H26N4O5S/c1-15(21-12-18-8-5-6-10-20(18)32-21)24-22(28)14-27-17(3)23(16(2)25-27)33(29,30)26(4)13-19-9-7-11-31-19/h5-12,15H,13-14H2,1-4H3,(H,24,28)/t15-/m1/s1. The third-order valence-corrected chi connectivity index (χ3v) is 7.54. The molecular weight excluding hydrogens is 444 g/mol. The quantitative estimate of drug-likeness (QED) is 0.422. The molecule has 4 rings (SSSR count). The van der Waals surface area contributed by atoms with Crippen LogP contribution >= 0.6 is 0 Å². The third kappa shape index (κ3) is 4.57. The number of aromatic nitrogens is 2. The number of aryl methyl sites for hydroxylation is 1. The zero-order valence-electron chi connectivity index (χ0n) is 18.9. The maximum Gasteiger partial charge on any atom is 0.246 e. The molecule has 0 aliphatic heterocycles. The second-order valence-electron chi connectivity index (χ2n) is 7.97. The van der Waals surface area contributed by atoms with Gasteiger partial charge in [0.25, 0.3) is 0 Å². The summed E-state index contributed by atoms with van der Waals surface area (Å²) in [6.07, 6.45) is 1.50. The van der Waals surface area contributed by atoms with Crippen LogP contribution in [0.25, 0.3) is 11.0 Å². The van der Waals surface area contributed by atoms with Crippen molar-refractivity contribution in [3.8, 4) is 0 Å². The second kappa shape index (κ2) is 8.87. The fraction of sp³-hybridized carbons (Fsp3) is 0.304. The van der Waals surface area contributed by atoms with E-state index in [1.165, 1.54) is 22.3 Å². The van der Waals surface area contributed by atoms with Gasteiger partial charge in [0.05, 0.1) is 30.2 Å². The van der Waals surface area contributed by atoms with Crippen LogP contribution in [0.3, 0.4) is 0 Å². The zero-order valence-corrected chi connectivity index (χ0v) is 19.7. The first-order chi connectivity index (χ1) is 15.7. The number of nitrogens with one attached hydrogen (secondary N) is 1. The lowest BCUT2D eigenvalue weighted by Crippen LogP contribution is -2.31. The predicted octanol–water partition coefficient (Wildman–Crippen LogP) is 3.54. The Hall–Kier alpha value is -3.37. The first-order valence-corrected chi connectivity index (χ1v) is 11.9. The SMILES string of the molecule is Cc1nn(CC(=O)N[C@H](C)c2cc3ccccc3o2)c(C)c1S(=O)(=O)N(C)Cc1ccco1. The summed E-state index contributed by atoms with van der Waals surface area (Å²) in [5, 5.41) is 8.16. The maximum absolute atomic E-state index is 13.2. The second-order valence-corrected chi connectivity index (χ2v) is 9.96. The highest BCUT2D eigenvalue weighted by molar-refractivity contribution is 7.89. The summed E-state index contributed by atoms with van der Waals surface area (Å²) in [5.74, 6) is 0.866. The summed E-state index contributed by atoms with van der Waals surface area (Å²) >= 11 is 0. The molecule has 0 aliphatic rings. The number of rotatable bonds is 8. The largest absolute Gasteiger partial charge is 0.468 e. The van der Waals surface area contributed by atoms with E-state index in [2.05, 4.69) is 10.4 Å². The van der Waals surface area contributed by atoms with Crippen molar-refractivity contribution in [2.75, 3.05) is 7.05 Å². The van der Waals surface area contributed by atoms with E-state index in [9.17, 15) is 13.2 Å². The summed E-state index contributed by atoms with van der Waals surface area (Å²) in [6, 6.07) is 12.6. The van der Waals surface area contributed by atoms with Gasteiger partial charge >= 0.3 is 0 Å². The van der Waals surface area contributed by atoms with Gasteiger partial charge in [-0.2, -0.15) is 9.40 Å². The average Bonchev–Trinajstić information content (AvgIpc) is 3.47. The molecule has 10 heteroatoms. The smallest absolute Gasteiger partial charge is 0.246 e. The minimum absolute atomic E-state index is 0.0922. The van der Waals surface area contributed by atoms with Gasteiger partial charge in [0.2, 0.25) is 15.9 Å². The van der Waals surface area contributed by atoms with Crippen LogP contribution in [-0.2, 0) is 27.9 Å². The molecule has 1 atom stereocenters. The molecule has 0 saturated carbocycles. The highest BCUT2D eigenvalue weighted by Crippen LogP contribution is 2.25. The van der Waals surface area contributed by atoms with Crippen molar-refractivity contribution in [2.45, 2.75) is 44.8 Å². The van der Waals surface area contributed by atoms with Crippen molar-refractivity contribution in [1.29, 1.82) is 0 Å². The zero-order chi connectivity index (χ0) is 23.8. The van der Waals surface area contributed by atoms with E-state index in [1.807, 2.05) is 37.3 Å². The molecule has 1 aromatic carbocycles. The van der Waals surface area contributed by atoms with E-state index < -0.39 is 10.0 Å². The van der Waals surface area contributed by atoms with Crippen LogP contribution in [0.4, 0.5) is 0 Å². The summed E-state index contributed by atoms with van der Waals surface area (Å²) in [7, 11) is -2.35. The molecule has 0 bridgehead atoms. The van der Waals surface area contributed by atoms with Gasteiger partial charge in [0.1, 0.15) is 28.5 Å². The van der Waals surface area contributed by atoms with E-state index in [0.717, 1.165) is 11.0 Å². The molecule has 1 amide bonds. The van der Waals surface area contributed by atoms with Crippen LogP contribution in [0.15, 0.2) is 62.5 Å². The van der Waals surface area contributed by atoms with Crippen LogP contribution in [0, 0.1) is 13.8 Å². The molecular formula is C23H26N4O5S. The number of benzene rings is 1. The van der Waals surface area contributed by atoms with E-state index in [4.69, 9.17) is 8.83 Å². The Morgan fingerprint density at radius 1 is 1.21 bits per heavy atom. The number of hydrogen-bond donors (Lipinski definition) is 1. The molecule has 9 nitrogen and oxygen atoms in total. The normalized spacial score (nSPS) is 13.0. The third-order valence-electron chi connectivity index (χ3n) is 5.48. The molecule has 0 saturated heterocycles. The Bertz CT molecular complexity index is 1350. The number of carbonyl (C=O) groups excluding carboxylic acids is 1. The Morgan fingerprint density at radius 3 is 2.67 bits per heavy atom. The van der Waals surface area contributed by atoms with Gasteiger partial charge in [-0.3, -0.25) is 9.48 Å². The number of furan rings is 2. The fourth-order valence-corrected chi connectivity index (χ4v) is 5.28. The van der Waals surface area contributed by atoms with Gasteiger partial charge in [0.15, 0.2) is 0 Å². The molecule has 0 aliphatic carbocycles. The molecule has 174 valence electrons. The van der Waals surface area contributed by atoms with E-state index in [-0.39, 0.29) is 29.9 Å². The van der Waals surface area contributed by atoms with Crippen LogP contribution in [0.1, 0.15) is 35.9 Å². The van der Waals surface area contributed by atoms with Crippen LogP contribution < -0.4 is 5.32 Å². The maximum atomic E-state index is 13.2. The number of carbonyl (C=O) groups is 1. The Labute approximate surface area is 192 Å². The molecule has 1 N–H and O–H groups in total. The minimum Gasteiger partial charge on any atom is -0.468 e. The van der Waals surface area contributed by atoms with Crippen molar-refractivity contribution in [3.05, 3.63) is 71.6 Å². The lowest BCUT2D eigenvalue weighted by Gasteiger charge is -2.16. The topological polar surface area (TPSA) is 111 Å². The number of amides is 1. The highest BCUT2D eigenvalue weighted by Gasteiger charge is 2.30. The van der Waals surface area contributed by atoms with Crippen LogP contribution in [0.5, 0.6) is 0 Å². The van der Waals surface area contributed by atoms with Crippen LogP contribution in [0.2, 0.25) is 0 Å². The van der Waals surface area contributed by atoms with Gasteiger partial charge in [-0.15, -0.1) is 0 Å². The number of sulfonamides is 1. The van der Waals surface area contributed by atoms with Gasteiger partial charge < -0.3 is 14.2 Å². The van der Waals surface area contributed by atoms with Crippen molar-refractivity contribution in [2.24, 2.45) is 0 Å². The molecule has 4 aromatic rings. The van der Waals surface area contributed by atoms with Crippen molar-refractivity contribution < 1.29 is 22.0 Å². The predicted molar refractivity (Wildman–Crippen MR) is 122 cm³/mol. The molecule has 33 heavy (non-hydrogen) atoms. The van der Waals surface area contributed by atoms with Gasteiger partial charge in [-0.05, 0) is 45.0 Å². The lowest BCUT2D eigenvalue weighted by atomic mass is 10.2. The fourth-order valence-electron chi connectivity index (χ4n) is 3.78. The van der Waals surface area contributed by atoms with Gasteiger partial charge in [-0.25, -0.2) is 8.42 Å². The monoisotopic (exact) mass is 470 g/mol. The first-order valence-electron chi connectivity index (χ1n) is 10.5. The van der Waals surface area contributed by atoms with E-state index in [1.54, 1.807) is 26.0 Å². The van der Waals surface area contributed by atoms with Gasteiger partial charge in [0, 0.05) is 12.4 Å². The summed E-state index contributed by atoms with van der Waals surface area (Å²) in [5.41, 5.74) is 1.47. The first kappa shape index (κ1) is 22.8. The number of para-hydroxylation sites is 1. The van der Waals surface area contributed by atoms with E-state index in [0.29, 0.717) is 22.9 Å². The molecule has 0 fully saturated rings. The summed E-state index contributed by atoms with van der Waals surface area (Å²) < 4.78 is 40.0. The molecule has 3 aromatic heterocycles. The average molecular weight is 471 g/mol. The van der Waals surface area contributed by atoms with E-state index >= 15 is 0 Å². The van der Waals surface area contributed by atoms with Gasteiger partial charge in [-0.1, -0.05) is 18.2 Å². The lowest BCUT2D eigenvalue weighted by molar-refractivity contribution is -0.122. The van der Waals surface area contributed by atoms with Crippen molar-refractivity contribution >= 4 is 26.9 Å². The number of hydrogen-bond acceptors (Lipinski definition) is 6. The van der Waals surface area contributed by atoms with Crippen LogP contribution in [-0.4, -0.2) is 35.5 Å². The molecule has 0 radical (unpaired) electrons. The Balaban J connectivity index is 1.48. The van der Waals surface area contributed by atoms with Crippen molar-refractivity contribution in [3.63, 3.8) is 0 Å². The molecule has 0 spiro atoms. The number of nitrogens with zero attached hydrogens (tertiary/aromatic N) is 3. The number of fused-ring (bicyclic) bond motifs is 1. The Morgan fingerprint density at radius 2 is 1.97 bits per heavy atom. The minimum atomic E-state index is -3.83. The molecule has 0 unspecified atom stereocenters.